The first-order valence-corrected chi connectivity index (χ1v) is 10.00. The highest BCUT2D eigenvalue weighted by molar-refractivity contribution is 5.81. The molecule has 0 aromatic heterocycles. The van der Waals surface area contributed by atoms with Crippen LogP contribution in [0.3, 0.4) is 0 Å². The van der Waals surface area contributed by atoms with Crippen LogP contribution in [0.25, 0.3) is 11.6 Å². The molecule has 0 spiro atoms. The number of likely N-dealkylation sites (tertiary alicyclic amines) is 1. The number of rotatable bonds is 8. The van der Waals surface area contributed by atoms with Gasteiger partial charge in [-0.05, 0) is 86.3 Å². The molecule has 0 N–H and O–H groups in total. The molecule has 0 radical (unpaired) electrons. The smallest absolute Gasteiger partial charge is 0.118 e. The van der Waals surface area contributed by atoms with Gasteiger partial charge < -0.3 is 14.4 Å². The molecule has 0 saturated carbocycles. The van der Waals surface area contributed by atoms with E-state index in [1.54, 1.807) is 14.2 Å². The molecule has 3 nitrogen and oxygen atoms in total. The lowest BCUT2D eigenvalue weighted by Crippen LogP contribution is -2.30. The van der Waals surface area contributed by atoms with E-state index in [2.05, 4.69) is 35.2 Å². The predicted molar refractivity (Wildman–Crippen MR) is 113 cm³/mol. The Hall–Kier alpha value is -2.26. The van der Waals surface area contributed by atoms with Crippen LogP contribution in [0.2, 0.25) is 0 Å². The van der Waals surface area contributed by atoms with E-state index in [1.165, 1.54) is 62.0 Å². The van der Waals surface area contributed by atoms with E-state index < -0.39 is 0 Å². The summed E-state index contributed by atoms with van der Waals surface area (Å²) in [6.07, 6.45) is 8.67. The third-order valence-electron chi connectivity index (χ3n) is 5.29. The van der Waals surface area contributed by atoms with Gasteiger partial charge in [-0.1, -0.05) is 36.8 Å². The summed E-state index contributed by atoms with van der Waals surface area (Å²) >= 11 is 0. The Labute approximate surface area is 163 Å². The van der Waals surface area contributed by atoms with E-state index in [9.17, 15) is 0 Å². The molecular formula is C24H31NO2. The number of ether oxygens (including phenoxy) is 2. The normalized spacial score (nSPS) is 15.6. The standard InChI is InChI=1S/C24H31NO2/c1-26-23-12-8-20(9-13-23)19-22(21-10-14-24(27-2)15-11-21)7-6-18-25-16-4-3-5-17-25/h8-15,19H,3-7,16-18H2,1-2H3/b22-19-. The molecule has 1 aliphatic heterocycles. The monoisotopic (exact) mass is 365 g/mol. The van der Waals surface area contributed by atoms with Crippen LogP contribution in [0.1, 0.15) is 43.2 Å². The average molecular weight is 366 g/mol. The van der Waals surface area contributed by atoms with E-state index in [4.69, 9.17) is 9.47 Å². The van der Waals surface area contributed by atoms with Gasteiger partial charge >= 0.3 is 0 Å². The molecule has 2 aromatic carbocycles. The molecule has 0 atom stereocenters. The lowest BCUT2D eigenvalue weighted by Gasteiger charge is -2.26. The Morgan fingerprint density at radius 3 is 2.04 bits per heavy atom. The first-order chi connectivity index (χ1) is 13.3. The number of benzene rings is 2. The van der Waals surface area contributed by atoms with Crippen molar-refractivity contribution in [3.63, 3.8) is 0 Å². The van der Waals surface area contributed by atoms with E-state index in [1.807, 2.05) is 24.3 Å². The van der Waals surface area contributed by atoms with Gasteiger partial charge in [0, 0.05) is 0 Å². The van der Waals surface area contributed by atoms with E-state index >= 15 is 0 Å². The van der Waals surface area contributed by atoms with Crippen LogP contribution in [0.15, 0.2) is 48.5 Å². The topological polar surface area (TPSA) is 21.7 Å². The number of hydrogen-bond acceptors (Lipinski definition) is 3. The van der Waals surface area contributed by atoms with Gasteiger partial charge in [0.1, 0.15) is 11.5 Å². The van der Waals surface area contributed by atoms with Gasteiger partial charge in [0.2, 0.25) is 0 Å². The van der Waals surface area contributed by atoms with Crippen LogP contribution in [0.5, 0.6) is 11.5 Å². The zero-order valence-electron chi connectivity index (χ0n) is 16.6. The second-order valence-electron chi connectivity index (χ2n) is 7.18. The van der Waals surface area contributed by atoms with E-state index in [0.717, 1.165) is 17.9 Å². The number of allylic oxidation sites excluding steroid dienone is 1. The summed E-state index contributed by atoms with van der Waals surface area (Å²) in [5, 5.41) is 0. The Kier molecular flexibility index (Phi) is 7.35. The highest BCUT2D eigenvalue weighted by atomic mass is 16.5. The lowest BCUT2D eigenvalue weighted by atomic mass is 9.98. The fraction of sp³-hybridized carbons (Fsp3) is 0.417. The minimum atomic E-state index is 0.892. The van der Waals surface area contributed by atoms with Crippen molar-refractivity contribution in [1.29, 1.82) is 0 Å². The fourth-order valence-electron chi connectivity index (χ4n) is 3.68. The molecule has 1 heterocycles. The number of nitrogens with zero attached hydrogens (tertiary/aromatic N) is 1. The molecule has 0 aliphatic carbocycles. The molecule has 0 bridgehead atoms. The molecule has 1 aliphatic rings. The van der Waals surface area contributed by atoms with Gasteiger partial charge in [-0.15, -0.1) is 0 Å². The molecule has 144 valence electrons. The van der Waals surface area contributed by atoms with Crippen molar-refractivity contribution in [3.05, 3.63) is 59.7 Å². The number of piperidine rings is 1. The molecule has 3 heteroatoms. The van der Waals surface area contributed by atoms with Crippen molar-refractivity contribution >= 4 is 11.6 Å². The lowest BCUT2D eigenvalue weighted by molar-refractivity contribution is 0.227. The summed E-state index contributed by atoms with van der Waals surface area (Å²) in [5.41, 5.74) is 3.85. The third kappa shape index (κ3) is 5.86. The van der Waals surface area contributed by atoms with Crippen molar-refractivity contribution in [2.24, 2.45) is 0 Å². The second-order valence-corrected chi connectivity index (χ2v) is 7.18. The van der Waals surface area contributed by atoms with Crippen LogP contribution in [-0.4, -0.2) is 38.8 Å². The summed E-state index contributed by atoms with van der Waals surface area (Å²) in [4.78, 5) is 2.61. The zero-order valence-corrected chi connectivity index (χ0v) is 16.6. The van der Waals surface area contributed by atoms with Crippen molar-refractivity contribution < 1.29 is 9.47 Å². The third-order valence-corrected chi connectivity index (χ3v) is 5.29. The molecule has 27 heavy (non-hydrogen) atoms. The highest BCUT2D eigenvalue weighted by Crippen LogP contribution is 2.26. The first kappa shape index (κ1) is 19.5. The maximum absolute atomic E-state index is 5.31. The molecule has 2 aromatic rings. The van der Waals surface area contributed by atoms with Gasteiger partial charge in [0.15, 0.2) is 0 Å². The minimum absolute atomic E-state index is 0.892. The van der Waals surface area contributed by atoms with Crippen LogP contribution in [-0.2, 0) is 0 Å². The summed E-state index contributed by atoms with van der Waals surface area (Å²) in [6.45, 7) is 3.72. The van der Waals surface area contributed by atoms with E-state index in [0.29, 0.717) is 0 Å². The van der Waals surface area contributed by atoms with Crippen LogP contribution < -0.4 is 9.47 Å². The molecular weight excluding hydrogens is 334 g/mol. The second kappa shape index (κ2) is 10.2. The zero-order chi connectivity index (χ0) is 18.9. The minimum Gasteiger partial charge on any atom is -0.497 e. The predicted octanol–water partition coefficient (Wildman–Crippen LogP) is 5.51. The maximum atomic E-state index is 5.31. The summed E-state index contributed by atoms with van der Waals surface area (Å²) in [5.74, 6) is 1.79. The van der Waals surface area contributed by atoms with Gasteiger partial charge in [0.05, 0.1) is 14.2 Å². The Bertz CT molecular complexity index is 713. The fourth-order valence-corrected chi connectivity index (χ4v) is 3.68. The average Bonchev–Trinajstić information content (AvgIpc) is 2.74. The molecule has 1 fully saturated rings. The quantitative estimate of drug-likeness (QED) is 0.576. The summed E-state index contributed by atoms with van der Waals surface area (Å²) in [6, 6.07) is 16.7. The Morgan fingerprint density at radius 2 is 1.44 bits per heavy atom. The first-order valence-electron chi connectivity index (χ1n) is 10.00. The van der Waals surface area contributed by atoms with E-state index in [-0.39, 0.29) is 0 Å². The Balaban J connectivity index is 1.73. The largest absolute Gasteiger partial charge is 0.497 e. The van der Waals surface area contributed by atoms with Gasteiger partial charge in [-0.2, -0.15) is 0 Å². The van der Waals surface area contributed by atoms with Crippen LogP contribution in [0.4, 0.5) is 0 Å². The van der Waals surface area contributed by atoms with Crippen molar-refractivity contribution in [2.75, 3.05) is 33.9 Å². The Morgan fingerprint density at radius 1 is 0.852 bits per heavy atom. The van der Waals surface area contributed by atoms with Crippen molar-refractivity contribution in [1.82, 2.24) is 4.90 Å². The van der Waals surface area contributed by atoms with Crippen LogP contribution >= 0.6 is 0 Å². The maximum Gasteiger partial charge on any atom is 0.118 e. The van der Waals surface area contributed by atoms with Crippen molar-refractivity contribution in [3.8, 4) is 11.5 Å². The van der Waals surface area contributed by atoms with Crippen LogP contribution in [0, 0.1) is 0 Å². The molecule has 0 unspecified atom stereocenters. The molecule has 0 amide bonds. The molecule has 1 saturated heterocycles. The SMILES string of the molecule is COc1ccc(/C=C(/CCCN2CCCCC2)c2ccc(OC)cc2)cc1. The van der Waals surface area contributed by atoms with Gasteiger partial charge in [-0.25, -0.2) is 0 Å². The van der Waals surface area contributed by atoms with Crippen molar-refractivity contribution in [2.45, 2.75) is 32.1 Å². The number of methoxy groups -OCH3 is 2. The van der Waals surface area contributed by atoms with Gasteiger partial charge in [0.25, 0.3) is 0 Å². The summed E-state index contributed by atoms with van der Waals surface area (Å²) in [7, 11) is 3.41. The highest BCUT2D eigenvalue weighted by Gasteiger charge is 2.10. The molecule has 3 rings (SSSR count). The summed E-state index contributed by atoms with van der Waals surface area (Å²) < 4.78 is 10.6. The van der Waals surface area contributed by atoms with Gasteiger partial charge in [-0.3, -0.25) is 0 Å². The number of hydrogen-bond donors (Lipinski definition) is 0.